The lowest BCUT2D eigenvalue weighted by molar-refractivity contribution is -0.153. The molecule has 0 spiro atoms. The number of carboxylic acids is 1. The van der Waals surface area contributed by atoms with E-state index in [1.54, 1.807) is 0 Å². The van der Waals surface area contributed by atoms with Gasteiger partial charge in [0.15, 0.2) is 0 Å². The molecular weight excluding hydrogens is 465 g/mol. The Morgan fingerprint density at radius 1 is 1.00 bits per heavy atom. The number of halogens is 3. The van der Waals surface area contributed by atoms with Crippen molar-refractivity contribution in [1.82, 2.24) is 10.6 Å². The van der Waals surface area contributed by atoms with Gasteiger partial charge in [-0.05, 0) is 35.1 Å². The molecule has 10 heteroatoms. The van der Waals surface area contributed by atoms with E-state index in [0.29, 0.717) is 12.8 Å². The Morgan fingerprint density at radius 3 is 2.06 bits per heavy atom. The number of rotatable bonds is 7. The van der Waals surface area contributed by atoms with Crippen molar-refractivity contribution in [3.8, 4) is 11.1 Å². The lowest BCUT2D eigenvalue weighted by Gasteiger charge is -2.28. The van der Waals surface area contributed by atoms with Crippen LogP contribution < -0.4 is 10.6 Å². The van der Waals surface area contributed by atoms with E-state index in [9.17, 15) is 32.7 Å². The van der Waals surface area contributed by atoms with Gasteiger partial charge in [0.1, 0.15) is 18.2 Å². The van der Waals surface area contributed by atoms with Crippen molar-refractivity contribution in [3.63, 3.8) is 0 Å². The van der Waals surface area contributed by atoms with E-state index >= 15 is 0 Å². The Balaban J connectivity index is 1.45. The molecule has 186 valence electrons. The van der Waals surface area contributed by atoms with E-state index < -0.39 is 42.1 Å². The zero-order valence-corrected chi connectivity index (χ0v) is 18.7. The van der Waals surface area contributed by atoms with Gasteiger partial charge in [0.05, 0.1) is 6.42 Å². The second kappa shape index (κ2) is 9.59. The number of carboxylic acid groups (broad SMARTS) is 1. The third-order valence-electron chi connectivity index (χ3n) is 6.62. The fourth-order valence-corrected chi connectivity index (χ4v) is 4.92. The Kier molecular flexibility index (Phi) is 6.73. The number of benzene rings is 2. The summed E-state index contributed by atoms with van der Waals surface area (Å²) in [7, 11) is 0. The molecule has 0 heterocycles. The highest BCUT2D eigenvalue weighted by atomic mass is 19.4. The van der Waals surface area contributed by atoms with Crippen molar-refractivity contribution in [2.24, 2.45) is 0 Å². The Hall–Kier alpha value is -3.56. The molecule has 0 bridgehead atoms. The number of amides is 2. The maximum Gasteiger partial charge on any atom is 0.407 e. The molecule has 2 aromatic rings. The third-order valence-corrected chi connectivity index (χ3v) is 6.62. The van der Waals surface area contributed by atoms with Crippen LogP contribution in [0, 0.1) is 0 Å². The molecule has 7 nitrogen and oxygen atoms in total. The summed E-state index contributed by atoms with van der Waals surface area (Å²) in [6.45, 7) is -0.140. The fraction of sp³-hybridized carbons (Fsp3) is 0.400. The molecule has 1 saturated carbocycles. The van der Waals surface area contributed by atoms with Crippen LogP contribution in [0.1, 0.15) is 49.1 Å². The summed E-state index contributed by atoms with van der Waals surface area (Å²) in [6.07, 6.45) is -6.35. The molecule has 4 rings (SSSR count). The Bertz CT molecular complexity index is 1080. The summed E-state index contributed by atoms with van der Waals surface area (Å²) in [4.78, 5) is 36.8. The van der Waals surface area contributed by atoms with Gasteiger partial charge in [-0.15, -0.1) is 0 Å². The number of ether oxygens (including phenoxy) is 1. The summed E-state index contributed by atoms with van der Waals surface area (Å²) in [5, 5.41) is 13.7. The van der Waals surface area contributed by atoms with E-state index in [0.717, 1.165) is 22.3 Å². The molecule has 2 aliphatic carbocycles. The maximum absolute atomic E-state index is 13.2. The van der Waals surface area contributed by atoms with E-state index in [-0.39, 0.29) is 25.4 Å². The first-order valence-corrected chi connectivity index (χ1v) is 11.3. The van der Waals surface area contributed by atoms with Gasteiger partial charge in [-0.25, -0.2) is 9.59 Å². The average molecular weight is 490 g/mol. The van der Waals surface area contributed by atoms with Gasteiger partial charge in [0.2, 0.25) is 5.91 Å². The van der Waals surface area contributed by atoms with E-state index in [1.807, 2.05) is 53.8 Å². The van der Waals surface area contributed by atoms with Crippen LogP contribution in [0.5, 0.6) is 0 Å². The van der Waals surface area contributed by atoms with Crippen LogP contribution in [-0.2, 0) is 14.3 Å². The van der Waals surface area contributed by atoms with Crippen LogP contribution >= 0.6 is 0 Å². The standard InChI is InChI=1S/C25H25F3N2O5/c26-25(27,28)13-20(21(31)30-24(22(32)33)11-5-6-12-24)29-23(34)35-14-19-17-9-3-1-7-15(17)16-8-2-4-10-18(16)19/h1-4,7-10,19-20H,5-6,11-14H2,(H,29,34)(H,30,31)(H,32,33). The largest absolute Gasteiger partial charge is 0.480 e. The maximum atomic E-state index is 13.2. The van der Waals surface area contributed by atoms with Crippen LogP contribution in [0.25, 0.3) is 11.1 Å². The first kappa shape index (κ1) is 24.6. The van der Waals surface area contributed by atoms with Crippen molar-refractivity contribution in [3.05, 3.63) is 59.7 Å². The number of hydrogen-bond acceptors (Lipinski definition) is 4. The van der Waals surface area contributed by atoms with Crippen molar-refractivity contribution in [2.75, 3.05) is 6.61 Å². The minimum Gasteiger partial charge on any atom is -0.480 e. The quantitative estimate of drug-likeness (QED) is 0.535. The van der Waals surface area contributed by atoms with Crippen LogP contribution in [-0.4, -0.2) is 47.4 Å². The smallest absolute Gasteiger partial charge is 0.407 e. The lowest BCUT2D eigenvalue weighted by Crippen LogP contribution is -2.58. The molecule has 1 unspecified atom stereocenters. The van der Waals surface area contributed by atoms with Crippen molar-refractivity contribution < 1.29 is 37.4 Å². The van der Waals surface area contributed by atoms with Crippen molar-refractivity contribution in [1.29, 1.82) is 0 Å². The molecule has 2 amide bonds. The van der Waals surface area contributed by atoms with Gasteiger partial charge in [-0.2, -0.15) is 13.2 Å². The monoisotopic (exact) mass is 490 g/mol. The highest BCUT2D eigenvalue weighted by Crippen LogP contribution is 2.44. The second-order valence-corrected chi connectivity index (χ2v) is 8.93. The summed E-state index contributed by atoms with van der Waals surface area (Å²) in [5.41, 5.74) is 2.19. The van der Waals surface area contributed by atoms with E-state index in [4.69, 9.17) is 4.74 Å². The molecule has 0 aromatic heterocycles. The third kappa shape index (κ3) is 5.26. The molecule has 2 aromatic carbocycles. The van der Waals surface area contributed by atoms with Crippen LogP contribution in [0.15, 0.2) is 48.5 Å². The normalized spacial score (nSPS) is 17.2. The number of hydrogen-bond donors (Lipinski definition) is 3. The first-order chi connectivity index (χ1) is 16.6. The predicted molar refractivity (Wildman–Crippen MR) is 120 cm³/mol. The number of alkyl halides is 3. The summed E-state index contributed by atoms with van der Waals surface area (Å²) < 4.78 is 44.7. The zero-order chi connectivity index (χ0) is 25.2. The summed E-state index contributed by atoms with van der Waals surface area (Å²) in [6, 6.07) is 13.1. The average Bonchev–Trinajstić information content (AvgIpc) is 3.40. The predicted octanol–water partition coefficient (Wildman–Crippen LogP) is 4.36. The van der Waals surface area contributed by atoms with E-state index in [1.165, 1.54) is 0 Å². The van der Waals surface area contributed by atoms with Gasteiger partial charge in [-0.3, -0.25) is 4.79 Å². The molecular formula is C25H25F3N2O5. The second-order valence-electron chi connectivity index (χ2n) is 8.93. The number of carbonyl (C=O) groups is 3. The van der Waals surface area contributed by atoms with Gasteiger partial charge in [-0.1, -0.05) is 61.4 Å². The molecule has 3 N–H and O–H groups in total. The molecule has 1 atom stereocenters. The number of nitrogens with one attached hydrogen (secondary N) is 2. The number of carbonyl (C=O) groups excluding carboxylic acids is 2. The number of aliphatic carboxylic acids is 1. The minimum atomic E-state index is -4.77. The molecule has 2 aliphatic rings. The van der Waals surface area contributed by atoms with E-state index in [2.05, 4.69) is 5.32 Å². The zero-order valence-electron chi connectivity index (χ0n) is 18.7. The Labute approximate surface area is 199 Å². The lowest BCUT2D eigenvalue weighted by atomic mass is 9.97. The Morgan fingerprint density at radius 2 is 1.54 bits per heavy atom. The molecule has 0 saturated heterocycles. The highest BCUT2D eigenvalue weighted by molar-refractivity contribution is 5.91. The molecule has 0 aliphatic heterocycles. The highest BCUT2D eigenvalue weighted by Gasteiger charge is 2.45. The van der Waals surface area contributed by atoms with Crippen molar-refractivity contribution >= 4 is 18.0 Å². The summed E-state index contributed by atoms with van der Waals surface area (Å²) in [5.74, 6) is -2.83. The number of fused-ring (bicyclic) bond motifs is 3. The van der Waals surface area contributed by atoms with Crippen LogP contribution in [0.4, 0.5) is 18.0 Å². The molecule has 0 radical (unpaired) electrons. The molecule has 35 heavy (non-hydrogen) atoms. The van der Waals surface area contributed by atoms with Gasteiger partial charge in [0, 0.05) is 5.92 Å². The molecule has 1 fully saturated rings. The minimum absolute atomic E-state index is 0.109. The van der Waals surface area contributed by atoms with Crippen LogP contribution in [0.3, 0.4) is 0 Å². The van der Waals surface area contributed by atoms with Gasteiger partial charge in [0.25, 0.3) is 0 Å². The van der Waals surface area contributed by atoms with Crippen molar-refractivity contribution in [2.45, 2.75) is 55.8 Å². The van der Waals surface area contributed by atoms with Crippen LogP contribution in [0.2, 0.25) is 0 Å². The SMILES string of the molecule is O=C(NC(CC(F)(F)F)C(=O)NC1(C(=O)O)CCCC1)OCC1c2ccccc2-c2ccccc21. The summed E-state index contributed by atoms with van der Waals surface area (Å²) >= 11 is 0. The van der Waals surface area contributed by atoms with Gasteiger partial charge < -0.3 is 20.5 Å². The number of alkyl carbamates (subject to hydrolysis) is 1. The topological polar surface area (TPSA) is 105 Å². The van der Waals surface area contributed by atoms with Gasteiger partial charge >= 0.3 is 18.2 Å². The first-order valence-electron chi connectivity index (χ1n) is 11.3. The fourth-order valence-electron chi connectivity index (χ4n) is 4.92.